The number of halogens is 1. The average molecular weight is 330 g/mol. The van der Waals surface area contributed by atoms with Crippen molar-refractivity contribution in [1.29, 1.82) is 0 Å². The fourth-order valence-corrected chi connectivity index (χ4v) is 3.22. The van der Waals surface area contributed by atoms with E-state index in [0.29, 0.717) is 32.7 Å². The monoisotopic (exact) mass is 330 g/mol. The van der Waals surface area contributed by atoms with E-state index in [9.17, 15) is 9.18 Å². The van der Waals surface area contributed by atoms with Crippen molar-refractivity contribution in [2.75, 3.05) is 0 Å². The molecule has 0 radical (unpaired) electrons. The third-order valence-electron chi connectivity index (χ3n) is 4.34. The maximum atomic E-state index is 13.8. The number of nitrogens with zero attached hydrogens (tertiary/aromatic N) is 3. The number of nitrogens with one attached hydrogen (secondary N) is 1. The van der Waals surface area contributed by atoms with Crippen molar-refractivity contribution in [2.24, 2.45) is 0 Å². The normalized spacial score (nSPS) is 11.6. The third-order valence-corrected chi connectivity index (χ3v) is 4.34. The summed E-state index contributed by atoms with van der Waals surface area (Å²) in [6.07, 6.45) is 3.18. The summed E-state index contributed by atoms with van der Waals surface area (Å²) < 4.78 is 15.5. The van der Waals surface area contributed by atoms with Crippen LogP contribution < -0.4 is 5.56 Å². The molecule has 3 aromatic heterocycles. The molecule has 5 rings (SSSR count). The van der Waals surface area contributed by atoms with Crippen molar-refractivity contribution in [2.45, 2.75) is 0 Å². The Morgan fingerprint density at radius 1 is 0.960 bits per heavy atom. The van der Waals surface area contributed by atoms with Gasteiger partial charge in [0.2, 0.25) is 0 Å². The minimum absolute atomic E-state index is 0.254. The van der Waals surface area contributed by atoms with E-state index in [1.807, 2.05) is 30.3 Å². The molecule has 120 valence electrons. The Hall–Kier alpha value is -3.54. The zero-order valence-electron chi connectivity index (χ0n) is 12.9. The Kier molecular flexibility index (Phi) is 2.76. The van der Waals surface area contributed by atoms with E-state index < -0.39 is 0 Å². The molecule has 0 unspecified atom stereocenters. The second-order valence-corrected chi connectivity index (χ2v) is 5.82. The second kappa shape index (κ2) is 4.98. The van der Waals surface area contributed by atoms with Crippen molar-refractivity contribution < 1.29 is 4.39 Å². The first kappa shape index (κ1) is 13.9. The summed E-state index contributed by atoms with van der Waals surface area (Å²) in [5.74, 6) is -0.360. The zero-order chi connectivity index (χ0) is 17.0. The van der Waals surface area contributed by atoms with Crippen LogP contribution in [0.1, 0.15) is 0 Å². The highest BCUT2D eigenvalue weighted by Gasteiger charge is 2.14. The summed E-state index contributed by atoms with van der Waals surface area (Å²) >= 11 is 0. The van der Waals surface area contributed by atoms with Crippen molar-refractivity contribution >= 4 is 32.7 Å². The molecule has 25 heavy (non-hydrogen) atoms. The van der Waals surface area contributed by atoms with Crippen LogP contribution in [0.15, 0.2) is 65.7 Å². The van der Waals surface area contributed by atoms with Gasteiger partial charge in [-0.1, -0.05) is 18.2 Å². The molecule has 0 aliphatic rings. The summed E-state index contributed by atoms with van der Waals surface area (Å²) in [5.41, 5.74) is 1.81. The number of aromatic amines is 1. The molecule has 6 heteroatoms. The Balaban J connectivity index is 1.98. The number of para-hydroxylation sites is 1. The molecule has 0 amide bonds. The predicted molar refractivity (Wildman–Crippen MR) is 94.5 cm³/mol. The third kappa shape index (κ3) is 1.97. The van der Waals surface area contributed by atoms with E-state index in [2.05, 4.69) is 15.1 Å². The van der Waals surface area contributed by atoms with Gasteiger partial charge in [0.1, 0.15) is 5.82 Å². The Labute approximate surface area is 140 Å². The maximum Gasteiger partial charge on any atom is 0.257 e. The lowest BCUT2D eigenvalue weighted by Crippen LogP contribution is -2.07. The van der Waals surface area contributed by atoms with Crippen LogP contribution in [0.25, 0.3) is 38.4 Å². The topological polar surface area (TPSA) is 63.6 Å². The summed E-state index contributed by atoms with van der Waals surface area (Å²) in [4.78, 5) is 19.6. The highest BCUT2D eigenvalue weighted by Crippen LogP contribution is 2.29. The molecule has 0 aliphatic carbocycles. The Morgan fingerprint density at radius 2 is 1.80 bits per heavy atom. The zero-order valence-corrected chi connectivity index (χ0v) is 12.9. The van der Waals surface area contributed by atoms with Gasteiger partial charge in [0.15, 0.2) is 5.65 Å². The first-order chi connectivity index (χ1) is 12.2. The minimum atomic E-state index is -0.360. The smallest absolute Gasteiger partial charge is 0.257 e. The Bertz CT molecular complexity index is 1320. The quantitative estimate of drug-likeness (QED) is 0.478. The van der Waals surface area contributed by atoms with E-state index in [0.717, 1.165) is 5.69 Å². The lowest BCUT2D eigenvalue weighted by atomic mass is 10.1. The van der Waals surface area contributed by atoms with Crippen molar-refractivity contribution in [3.63, 3.8) is 0 Å². The van der Waals surface area contributed by atoms with Gasteiger partial charge >= 0.3 is 0 Å². The molecule has 5 nitrogen and oxygen atoms in total. The van der Waals surface area contributed by atoms with Crippen LogP contribution in [0.5, 0.6) is 0 Å². The van der Waals surface area contributed by atoms with Crippen LogP contribution in [0.4, 0.5) is 4.39 Å². The van der Waals surface area contributed by atoms with Gasteiger partial charge in [-0.25, -0.2) is 14.1 Å². The lowest BCUT2D eigenvalue weighted by Gasteiger charge is -2.06. The number of rotatable bonds is 1. The number of fused-ring (bicyclic) bond motifs is 5. The molecule has 2 aromatic carbocycles. The predicted octanol–water partition coefficient (Wildman–Crippen LogP) is 3.55. The molecule has 5 aromatic rings. The van der Waals surface area contributed by atoms with Crippen molar-refractivity contribution in [3.8, 4) is 5.69 Å². The van der Waals surface area contributed by atoms with E-state index in [4.69, 9.17) is 0 Å². The summed E-state index contributed by atoms with van der Waals surface area (Å²) in [6, 6.07) is 13.9. The van der Waals surface area contributed by atoms with Crippen LogP contribution in [-0.4, -0.2) is 19.7 Å². The van der Waals surface area contributed by atoms with Crippen LogP contribution >= 0.6 is 0 Å². The van der Waals surface area contributed by atoms with Crippen LogP contribution in [-0.2, 0) is 0 Å². The molecular weight excluding hydrogens is 319 g/mol. The molecule has 0 saturated heterocycles. The minimum Gasteiger partial charge on any atom is -0.321 e. The Morgan fingerprint density at radius 3 is 2.64 bits per heavy atom. The first-order valence-electron chi connectivity index (χ1n) is 7.76. The number of hydrogen-bond donors (Lipinski definition) is 1. The van der Waals surface area contributed by atoms with Gasteiger partial charge in [-0.05, 0) is 30.3 Å². The maximum absolute atomic E-state index is 13.8. The number of H-pyrrole nitrogens is 1. The second-order valence-electron chi connectivity index (χ2n) is 5.82. The van der Waals surface area contributed by atoms with Gasteiger partial charge in [0, 0.05) is 27.9 Å². The van der Waals surface area contributed by atoms with Gasteiger partial charge in [-0.15, -0.1) is 0 Å². The van der Waals surface area contributed by atoms with Gasteiger partial charge in [-0.3, -0.25) is 4.79 Å². The number of hydrogen-bond acceptors (Lipinski definition) is 3. The molecule has 0 saturated carbocycles. The van der Waals surface area contributed by atoms with Crippen LogP contribution in [0.2, 0.25) is 0 Å². The molecular formula is C19H11FN4O. The number of aromatic nitrogens is 4. The summed E-state index contributed by atoms with van der Waals surface area (Å²) in [5, 5.41) is 6.84. The molecule has 1 N–H and O–H groups in total. The summed E-state index contributed by atoms with van der Waals surface area (Å²) in [6.45, 7) is 0. The molecule has 0 bridgehead atoms. The van der Waals surface area contributed by atoms with Crippen LogP contribution in [0.3, 0.4) is 0 Å². The highest BCUT2D eigenvalue weighted by molar-refractivity contribution is 6.17. The molecule has 3 heterocycles. The van der Waals surface area contributed by atoms with E-state index in [1.54, 1.807) is 16.9 Å². The average Bonchev–Trinajstić information content (AvgIpc) is 3.07. The fraction of sp³-hybridized carbons (Fsp3) is 0. The molecule has 0 atom stereocenters. The van der Waals surface area contributed by atoms with Crippen molar-refractivity contribution in [3.05, 3.63) is 77.1 Å². The largest absolute Gasteiger partial charge is 0.321 e. The van der Waals surface area contributed by atoms with Gasteiger partial charge in [-0.2, -0.15) is 5.10 Å². The molecule has 0 spiro atoms. The highest BCUT2D eigenvalue weighted by atomic mass is 19.1. The van der Waals surface area contributed by atoms with E-state index in [-0.39, 0.29) is 11.4 Å². The molecule has 0 fully saturated rings. The van der Waals surface area contributed by atoms with Gasteiger partial charge < -0.3 is 4.98 Å². The van der Waals surface area contributed by atoms with Gasteiger partial charge in [0.05, 0.1) is 17.3 Å². The molecule has 0 aliphatic heterocycles. The number of pyridine rings is 2. The summed E-state index contributed by atoms with van der Waals surface area (Å²) in [7, 11) is 0. The SMILES string of the molecule is O=c1[nH]c2ccc(F)cc2c2c1cnc1c2cnn1-c1ccccc1. The lowest BCUT2D eigenvalue weighted by molar-refractivity contribution is 0.629. The fourth-order valence-electron chi connectivity index (χ4n) is 3.22. The number of benzene rings is 2. The van der Waals surface area contributed by atoms with Crippen LogP contribution in [0, 0.1) is 5.82 Å². The first-order valence-corrected chi connectivity index (χ1v) is 7.76. The van der Waals surface area contributed by atoms with E-state index in [1.165, 1.54) is 18.3 Å². The standard InChI is InChI=1S/C19H11FN4O/c20-11-6-7-16-13(8-11)17-14-10-22-24(12-4-2-1-3-5-12)18(14)21-9-15(17)19(25)23-16/h1-10H,(H,23,25). The van der Waals surface area contributed by atoms with E-state index >= 15 is 0 Å². The van der Waals surface area contributed by atoms with Gasteiger partial charge in [0.25, 0.3) is 5.56 Å². The van der Waals surface area contributed by atoms with Crippen molar-refractivity contribution in [1.82, 2.24) is 19.7 Å².